The normalized spacial score (nSPS) is 27.4. The Morgan fingerprint density at radius 3 is 2.60 bits per heavy atom. The maximum atomic E-state index is 13.4. The molecule has 30 heavy (non-hydrogen) atoms. The van der Waals surface area contributed by atoms with Gasteiger partial charge in [0.2, 0.25) is 15.9 Å². The molecule has 162 valence electrons. The zero-order chi connectivity index (χ0) is 21.3. The Labute approximate surface area is 175 Å². The lowest BCUT2D eigenvalue weighted by Crippen LogP contribution is -2.51. The molecule has 2 aliphatic heterocycles. The van der Waals surface area contributed by atoms with Crippen LogP contribution in [0.2, 0.25) is 0 Å². The largest absolute Gasteiger partial charge is 0.360 e. The van der Waals surface area contributed by atoms with Crippen LogP contribution in [0.4, 0.5) is 0 Å². The number of carbonyl (C=O) groups excluding carboxylic acids is 1. The zero-order valence-electron chi connectivity index (χ0n) is 17.4. The van der Waals surface area contributed by atoms with Crippen LogP contribution in [0, 0.1) is 32.6 Å². The number of rotatable bonds is 4. The van der Waals surface area contributed by atoms with E-state index in [0.717, 1.165) is 18.7 Å². The molecule has 11 heteroatoms. The lowest BCUT2D eigenvalue weighted by molar-refractivity contribution is -0.131. The number of sulfonamides is 1. The molecule has 3 fully saturated rings. The highest BCUT2D eigenvalue weighted by Gasteiger charge is 2.56. The molecule has 2 atom stereocenters. The molecule has 5 rings (SSSR count). The van der Waals surface area contributed by atoms with Gasteiger partial charge in [-0.2, -0.15) is 9.40 Å². The van der Waals surface area contributed by atoms with Crippen molar-refractivity contribution in [1.29, 1.82) is 0 Å². The van der Waals surface area contributed by atoms with Crippen molar-refractivity contribution in [2.75, 3.05) is 26.2 Å². The Bertz CT molecular complexity index is 1080. The van der Waals surface area contributed by atoms with Crippen molar-refractivity contribution >= 4 is 15.9 Å². The molecule has 2 aromatic rings. The van der Waals surface area contributed by atoms with E-state index in [4.69, 9.17) is 4.52 Å². The molecule has 0 bridgehead atoms. The first kappa shape index (κ1) is 19.7. The molecule has 2 aromatic heterocycles. The smallest absolute Gasteiger partial charge is 0.248 e. The van der Waals surface area contributed by atoms with E-state index in [9.17, 15) is 13.2 Å². The minimum absolute atomic E-state index is 0.0700. The summed E-state index contributed by atoms with van der Waals surface area (Å²) in [5, 5.41) is 11.2. The number of piperidine rings is 1. The Morgan fingerprint density at radius 1 is 1.23 bits per heavy atom. The molecule has 0 unspecified atom stereocenters. The van der Waals surface area contributed by atoms with E-state index in [1.165, 1.54) is 4.31 Å². The second-order valence-corrected chi connectivity index (χ2v) is 10.7. The summed E-state index contributed by atoms with van der Waals surface area (Å²) in [5.74, 6) is 1.93. The van der Waals surface area contributed by atoms with Gasteiger partial charge in [0.15, 0.2) is 11.6 Å². The molecule has 4 heterocycles. The van der Waals surface area contributed by atoms with E-state index in [0.29, 0.717) is 49.9 Å². The number of amides is 1. The number of hydrogen-bond donors (Lipinski definition) is 1. The average Bonchev–Trinajstić information content (AvgIpc) is 3.18. The SMILES string of the molecule is Cc1nc([C@@]23CCN(S(=O)(=O)c4c(C)noc4C)C[C@@H]2CN(C(=O)C2CC2)C3)n[nH]1. The van der Waals surface area contributed by atoms with Crippen molar-refractivity contribution in [3.8, 4) is 0 Å². The number of nitrogens with one attached hydrogen (secondary N) is 1. The standard InChI is InChI=1S/C19H26N6O4S/c1-11-16(12(2)29-23-11)30(27,28)25-7-6-19(18-20-13(3)21-22-18)10-24(8-15(19)9-25)17(26)14-4-5-14/h14-15H,4-10H2,1-3H3,(H,20,21,22)/t15-,19+/m0/s1. The average molecular weight is 435 g/mol. The third-order valence-corrected chi connectivity index (χ3v) is 8.88. The van der Waals surface area contributed by atoms with Crippen LogP contribution in [0.25, 0.3) is 0 Å². The number of carbonyl (C=O) groups is 1. The molecule has 1 amide bonds. The van der Waals surface area contributed by atoms with Crippen LogP contribution in [-0.4, -0.2) is 70.0 Å². The molecule has 0 radical (unpaired) electrons. The highest BCUT2D eigenvalue weighted by atomic mass is 32.2. The predicted octanol–water partition coefficient (Wildman–Crippen LogP) is 0.919. The maximum Gasteiger partial charge on any atom is 0.248 e. The predicted molar refractivity (Wildman–Crippen MR) is 105 cm³/mol. The molecular weight excluding hydrogens is 408 g/mol. The Morgan fingerprint density at radius 2 is 2.00 bits per heavy atom. The molecule has 0 aromatic carbocycles. The Kier molecular flexibility index (Phi) is 4.34. The number of aromatic nitrogens is 4. The van der Waals surface area contributed by atoms with Gasteiger partial charge in [-0.3, -0.25) is 9.89 Å². The fourth-order valence-corrected chi connectivity index (χ4v) is 6.81. The van der Waals surface area contributed by atoms with Crippen LogP contribution in [0.15, 0.2) is 9.42 Å². The first-order valence-electron chi connectivity index (χ1n) is 10.3. The Balaban J connectivity index is 1.48. The van der Waals surface area contributed by atoms with Gasteiger partial charge in [-0.05, 0) is 40.0 Å². The van der Waals surface area contributed by atoms with Crippen LogP contribution in [0.5, 0.6) is 0 Å². The zero-order valence-corrected chi connectivity index (χ0v) is 18.2. The van der Waals surface area contributed by atoms with Crippen LogP contribution in [0.3, 0.4) is 0 Å². The fraction of sp³-hybridized carbons (Fsp3) is 0.684. The van der Waals surface area contributed by atoms with Crippen molar-refractivity contribution in [2.24, 2.45) is 11.8 Å². The number of fused-ring (bicyclic) bond motifs is 1. The van der Waals surface area contributed by atoms with E-state index in [1.54, 1.807) is 13.8 Å². The minimum atomic E-state index is -3.74. The van der Waals surface area contributed by atoms with Crippen molar-refractivity contribution in [3.05, 3.63) is 23.1 Å². The van der Waals surface area contributed by atoms with Crippen molar-refractivity contribution < 1.29 is 17.7 Å². The lowest BCUT2D eigenvalue weighted by atomic mass is 9.72. The van der Waals surface area contributed by atoms with Gasteiger partial charge in [-0.1, -0.05) is 5.16 Å². The summed E-state index contributed by atoms with van der Waals surface area (Å²) in [7, 11) is -3.74. The topological polar surface area (TPSA) is 125 Å². The van der Waals surface area contributed by atoms with Crippen LogP contribution >= 0.6 is 0 Å². The number of aromatic amines is 1. The highest BCUT2D eigenvalue weighted by Crippen LogP contribution is 2.46. The van der Waals surface area contributed by atoms with Gasteiger partial charge in [0.1, 0.15) is 16.4 Å². The first-order chi connectivity index (χ1) is 14.2. The molecule has 0 spiro atoms. The molecule has 2 saturated heterocycles. The lowest BCUT2D eigenvalue weighted by Gasteiger charge is -2.40. The van der Waals surface area contributed by atoms with E-state index in [1.807, 2.05) is 11.8 Å². The van der Waals surface area contributed by atoms with Crippen molar-refractivity contribution in [3.63, 3.8) is 0 Å². The number of H-pyrrole nitrogens is 1. The summed E-state index contributed by atoms with van der Waals surface area (Å²) in [6.07, 6.45) is 2.45. The molecule has 10 nitrogen and oxygen atoms in total. The van der Waals surface area contributed by atoms with Crippen LogP contribution in [-0.2, 0) is 20.2 Å². The van der Waals surface area contributed by atoms with E-state index >= 15 is 0 Å². The van der Waals surface area contributed by atoms with E-state index < -0.39 is 15.4 Å². The van der Waals surface area contributed by atoms with Gasteiger partial charge in [-0.25, -0.2) is 13.4 Å². The van der Waals surface area contributed by atoms with Gasteiger partial charge in [0, 0.05) is 38.0 Å². The van der Waals surface area contributed by atoms with Crippen LogP contribution in [0.1, 0.15) is 42.4 Å². The number of nitrogens with zero attached hydrogens (tertiary/aromatic N) is 5. The van der Waals surface area contributed by atoms with Gasteiger partial charge in [0.05, 0.1) is 5.41 Å². The summed E-state index contributed by atoms with van der Waals surface area (Å²) in [4.78, 5) is 19.4. The highest BCUT2D eigenvalue weighted by molar-refractivity contribution is 7.89. The van der Waals surface area contributed by atoms with E-state index in [2.05, 4.69) is 20.3 Å². The maximum absolute atomic E-state index is 13.4. The minimum Gasteiger partial charge on any atom is -0.360 e. The monoisotopic (exact) mass is 434 g/mol. The van der Waals surface area contributed by atoms with Crippen molar-refractivity contribution in [2.45, 2.75) is 50.3 Å². The molecule has 1 aliphatic carbocycles. The number of aryl methyl sites for hydroxylation is 3. The third kappa shape index (κ3) is 2.89. The first-order valence-corrected chi connectivity index (χ1v) is 11.8. The van der Waals surface area contributed by atoms with Gasteiger partial charge in [0.25, 0.3) is 0 Å². The van der Waals surface area contributed by atoms with Gasteiger partial charge >= 0.3 is 0 Å². The Hall–Kier alpha value is -2.27. The second kappa shape index (κ2) is 6.61. The number of hydrogen-bond acceptors (Lipinski definition) is 7. The fourth-order valence-electron chi connectivity index (χ4n) is 5.03. The van der Waals surface area contributed by atoms with Gasteiger partial charge in [-0.15, -0.1) is 0 Å². The number of likely N-dealkylation sites (tertiary alicyclic amines) is 1. The summed E-state index contributed by atoms with van der Waals surface area (Å²) in [6, 6.07) is 0. The summed E-state index contributed by atoms with van der Waals surface area (Å²) in [5.41, 5.74) is -0.0639. The van der Waals surface area contributed by atoms with Crippen molar-refractivity contribution in [1.82, 2.24) is 29.5 Å². The van der Waals surface area contributed by atoms with Crippen LogP contribution < -0.4 is 0 Å². The second-order valence-electron chi connectivity index (χ2n) is 8.86. The third-order valence-electron chi connectivity index (χ3n) is 6.77. The summed E-state index contributed by atoms with van der Waals surface area (Å²) < 4.78 is 33.3. The van der Waals surface area contributed by atoms with E-state index in [-0.39, 0.29) is 22.6 Å². The molecular formula is C19H26N6O4S. The van der Waals surface area contributed by atoms with Gasteiger partial charge < -0.3 is 9.42 Å². The quantitative estimate of drug-likeness (QED) is 0.758. The summed E-state index contributed by atoms with van der Waals surface area (Å²) >= 11 is 0. The molecule has 1 N–H and O–H groups in total. The molecule has 1 saturated carbocycles. The summed E-state index contributed by atoms with van der Waals surface area (Å²) in [6.45, 7) is 6.82. The molecule has 3 aliphatic rings.